The molecule has 1 aliphatic rings. The van der Waals surface area contributed by atoms with Crippen molar-refractivity contribution in [1.29, 1.82) is 0 Å². The summed E-state index contributed by atoms with van der Waals surface area (Å²) in [7, 11) is 0. The van der Waals surface area contributed by atoms with Crippen molar-refractivity contribution in [2.75, 3.05) is 12.3 Å². The Bertz CT molecular complexity index is 528. The number of aliphatic hydroxyl groups excluding tert-OH is 1. The Hall–Kier alpha value is -1.11. The lowest BCUT2D eigenvalue weighted by atomic mass is 9.93. The highest BCUT2D eigenvalue weighted by molar-refractivity contribution is 9.10. The smallest absolute Gasteiger partial charge is 0.338 e. The third kappa shape index (κ3) is 4.44. The van der Waals surface area contributed by atoms with Crippen molar-refractivity contribution in [3.63, 3.8) is 0 Å². The standard InChI is InChI=1S/C16H23BrN2O3/c1-2-22-16(21)10-7-11(15(18)14(17)8-10)9-19-12-3-5-13(20)6-4-12/h7-8,12-13,19-20H,2-6,9,18H2,1H3. The number of benzene rings is 1. The lowest BCUT2D eigenvalue weighted by Gasteiger charge is -2.26. The van der Waals surface area contributed by atoms with Gasteiger partial charge in [-0.3, -0.25) is 0 Å². The second kappa shape index (κ2) is 7.94. The maximum atomic E-state index is 11.9. The highest BCUT2D eigenvalue weighted by Gasteiger charge is 2.19. The zero-order chi connectivity index (χ0) is 16.1. The van der Waals surface area contributed by atoms with Crippen LogP contribution in [-0.2, 0) is 11.3 Å². The number of anilines is 1. The quantitative estimate of drug-likeness (QED) is 0.547. The van der Waals surface area contributed by atoms with Gasteiger partial charge in [0.1, 0.15) is 0 Å². The van der Waals surface area contributed by atoms with E-state index < -0.39 is 0 Å². The summed E-state index contributed by atoms with van der Waals surface area (Å²) in [6.07, 6.45) is 3.42. The Morgan fingerprint density at radius 3 is 2.73 bits per heavy atom. The Kier molecular flexibility index (Phi) is 6.23. The predicted molar refractivity (Wildman–Crippen MR) is 89.6 cm³/mol. The van der Waals surface area contributed by atoms with E-state index in [1.54, 1.807) is 19.1 Å². The maximum Gasteiger partial charge on any atom is 0.338 e. The Balaban J connectivity index is 2.04. The first-order valence-corrected chi connectivity index (χ1v) is 8.47. The van der Waals surface area contributed by atoms with E-state index in [4.69, 9.17) is 10.5 Å². The molecule has 5 nitrogen and oxygen atoms in total. The number of nitrogen functional groups attached to an aromatic ring is 1. The highest BCUT2D eigenvalue weighted by Crippen LogP contribution is 2.27. The third-order valence-corrected chi connectivity index (χ3v) is 4.66. The Morgan fingerprint density at radius 2 is 2.09 bits per heavy atom. The van der Waals surface area contributed by atoms with E-state index in [0.717, 1.165) is 31.2 Å². The number of ether oxygens (including phenoxy) is 1. The van der Waals surface area contributed by atoms with Crippen molar-refractivity contribution < 1.29 is 14.6 Å². The molecule has 0 aromatic heterocycles. The monoisotopic (exact) mass is 370 g/mol. The molecule has 22 heavy (non-hydrogen) atoms. The maximum absolute atomic E-state index is 11.9. The van der Waals surface area contributed by atoms with Gasteiger partial charge in [-0.1, -0.05) is 0 Å². The number of hydrogen-bond acceptors (Lipinski definition) is 5. The molecular formula is C16H23BrN2O3. The number of rotatable bonds is 5. The van der Waals surface area contributed by atoms with Crippen LogP contribution in [0.4, 0.5) is 5.69 Å². The molecule has 0 radical (unpaired) electrons. The van der Waals surface area contributed by atoms with Crippen LogP contribution in [0.15, 0.2) is 16.6 Å². The highest BCUT2D eigenvalue weighted by atomic mass is 79.9. The van der Waals surface area contributed by atoms with Crippen molar-refractivity contribution in [2.24, 2.45) is 0 Å². The van der Waals surface area contributed by atoms with Gasteiger partial charge in [-0.25, -0.2) is 4.79 Å². The van der Waals surface area contributed by atoms with E-state index in [9.17, 15) is 9.90 Å². The minimum Gasteiger partial charge on any atom is -0.462 e. The summed E-state index contributed by atoms with van der Waals surface area (Å²) in [6, 6.07) is 3.85. The molecule has 1 aromatic rings. The molecule has 6 heteroatoms. The van der Waals surface area contributed by atoms with E-state index in [0.29, 0.717) is 34.9 Å². The predicted octanol–water partition coefficient (Wildman–Crippen LogP) is 2.60. The molecule has 1 aromatic carbocycles. The normalized spacial score (nSPS) is 21.6. The Morgan fingerprint density at radius 1 is 1.41 bits per heavy atom. The summed E-state index contributed by atoms with van der Waals surface area (Å²) in [4.78, 5) is 11.9. The molecule has 0 saturated heterocycles. The first-order valence-electron chi connectivity index (χ1n) is 7.67. The largest absolute Gasteiger partial charge is 0.462 e. The third-order valence-electron chi connectivity index (χ3n) is 4.00. The fraction of sp³-hybridized carbons (Fsp3) is 0.562. The lowest BCUT2D eigenvalue weighted by Crippen LogP contribution is -2.34. The van der Waals surface area contributed by atoms with Crippen LogP contribution in [0.25, 0.3) is 0 Å². The van der Waals surface area contributed by atoms with Crippen LogP contribution in [0.3, 0.4) is 0 Å². The van der Waals surface area contributed by atoms with E-state index in [1.165, 1.54) is 0 Å². The minimum absolute atomic E-state index is 0.163. The van der Waals surface area contributed by atoms with Gasteiger partial charge in [-0.15, -0.1) is 0 Å². The molecule has 0 bridgehead atoms. The number of nitrogens with two attached hydrogens (primary N) is 1. The lowest BCUT2D eigenvalue weighted by molar-refractivity contribution is 0.0526. The van der Waals surface area contributed by atoms with Crippen LogP contribution < -0.4 is 11.1 Å². The van der Waals surface area contributed by atoms with Crippen LogP contribution in [0.1, 0.15) is 48.5 Å². The number of carbonyl (C=O) groups is 1. The molecular weight excluding hydrogens is 348 g/mol. The van der Waals surface area contributed by atoms with Gasteiger partial charge in [0.15, 0.2) is 0 Å². The van der Waals surface area contributed by atoms with Crippen LogP contribution in [0.2, 0.25) is 0 Å². The van der Waals surface area contributed by atoms with Crippen molar-refractivity contribution in [2.45, 2.75) is 51.3 Å². The number of nitrogens with one attached hydrogen (secondary N) is 1. The van der Waals surface area contributed by atoms with Gasteiger partial charge >= 0.3 is 5.97 Å². The summed E-state index contributed by atoms with van der Waals surface area (Å²) in [5.41, 5.74) is 8.10. The molecule has 0 atom stereocenters. The molecule has 0 heterocycles. The van der Waals surface area contributed by atoms with Crippen molar-refractivity contribution in [3.8, 4) is 0 Å². The summed E-state index contributed by atoms with van der Waals surface area (Å²) < 4.78 is 5.74. The first kappa shape index (κ1) is 17.2. The van der Waals surface area contributed by atoms with Gasteiger partial charge in [0.05, 0.1) is 24.0 Å². The average Bonchev–Trinajstić information content (AvgIpc) is 2.50. The number of halogens is 1. The van der Waals surface area contributed by atoms with Crippen molar-refractivity contribution >= 4 is 27.6 Å². The number of hydrogen-bond donors (Lipinski definition) is 3. The molecule has 4 N–H and O–H groups in total. The summed E-state index contributed by atoms with van der Waals surface area (Å²) in [5.74, 6) is -0.342. The molecule has 2 rings (SSSR count). The van der Waals surface area contributed by atoms with Gasteiger partial charge in [0, 0.05) is 17.1 Å². The number of carbonyl (C=O) groups excluding carboxylic acids is 1. The van der Waals surface area contributed by atoms with E-state index in [2.05, 4.69) is 21.2 Å². The second-order valence-electron chi connectivity index (χ2n) is 5.64. The molecule has 0 spiro atoms. The van der Waals surface area contributed by atoms with Gasteiger partial charge in [-0.05, 0) is 66.2 Å². The van der Waals surface area contributed by atoms with Crippen molar-refractivity contribution in [1.82, 2.24) is 5.32 Å². The minimum atomic E-state index is -0.342. The van der Waals surface area contributed by atoms with E-state index in [1.807, 2.05) is 0 Å². The van der Waals surface area contributed by atoms with Crippen molar-refractivity contribution in [3.05, 3.63) is 27.7 Å². The zero-order valence-corrected chi connectivity index (χ0v) is 14.4. The molecule has 122 valence electrons. The summed E-state index contributed by atoms with van der Waals surface area (Å²) in [5, 5.41) is 13.0. The number of aliphatic hydroxyl groups is 1. The second-order valence-corrected chi connectivity index (χ2v) is 6.49. The zero-order valence-electron chi connectivity index (χ0n) is 12.8. The SMILES string of the molecule is CCOC(=O)c1cc(Br)c(N)c(CNC2CCC(O)CC2)c1. The molecule has 1 saturated carbocycles. The van der Waals surface area contributed by atoms with Crippen LogP contribution in [0.5, 0.6) is 0 Å². The summed E-state index contributed by atoms with van der Waals surface area (Å²) >= 11 is 3.40. The topological polar surface area (TPSA) is 84.6 Å². The summed E-state index contributed by atoms with van der Waals surface area (Å²) in [6.45, 7) is 2.72. The van der Waals surface area contributed by atoms with E-state index >= 15 is 0 Å². The molecule has 1 fully saturated rings. The fourth-order valence-electron chi connectivity index (χ4n) is 2.69. The van der Waals surface area contributed by atoms with Crippen LogP contribution >= 0.6 is 15.9 Å². The van der Waals surface area contributed by atoms with Crippen LogP contribution in [-0.4, -0.2) is 29.8 Å². The van der Waals surface area contributed by atoms with E-state index in [-0.39, 0.29) is 12.1 Å². The Labute approximate surface area is 139 Å². The molecule has 1 aliphatic carbocycles. The van der Waals surface area contributed by atoms with Gasteiger partial charge in [0.25, 0.3) is 0 Å². The average molecular weight is 371 g/mol. The molecule has 0 unspecified atom stereocenters. The molecule has 0 aliphatic heterocycles. The fourth-order valence-corrected chi connectivity index (χ4v) is 3.19. The van der Waals surface area contributed by atoms with Gasteiger partial charge < -0.3 is 20.9 Å². The molecule has 0 amide bonds. The van der Waals surface area contributed by atoms with Crippen LogP contribution in [0, 0.1) is 0 Å². The first-order chi connectivity index (χ1) is 10.5. The van der Waals surface area contributed by atoms with Gasteiger partial charge in [0.2, 0.25) is 0 Å². The number of esters is 1. The van der Waals surface area contributed by atoms with Gasteiger partial charge in [-0.2, -0.15) is 0 Å².